The number of nitrogens with zero attached hydrogens (tertiary/aromatic N) is 4. The van der Waals surface area contributed by atoms with Gasteiger partial charge in [0.25, 0.3) is 5.89 Å². The molecule has 0 fully saturated rings. The normalized spacial score (nSPS) is 10.7. The number of hydrogen-bond donors (Lipinski definition) is 1. The van der Waals surface area contributed by atoms with Crippen LogP contribution in [-0.2, 0) is 0 Å². The number of H-pyrrole nitrogens is 1. The highest BCUT2D eigenvalue weighted by Crippen LogP contribution is 2.22. The average Bonchev–Trinajstić information content (AvgIpc) is 3.08. The Morgan fingerprint density at radius 2 is 2.05 bits per heavy atom. The first-order valence-corrected chi connectivity index (χ1v) is 5.43. The van der Waals surface area contributed by atoms with E-state index in [-0.39, 0.29) is 29.0 Å². The Balaban J connectivity index is 1.93. The van der Waals surface area contributed by atoms with Crippen molar-refractivity contribution in [1.82, 2.24) is 20.3 Å². The summed E-state index contributed by atoms with van der Waals surface area (Å²) in [5.74, 6) is -0.374. The summed E-state index contributed by atoms with van der Waals surface area (Å²) in [4.78, 5) is 14.0. The number of aromatic amines is 1. The molecule has 0 unspecified atom stereocenters. The molecule has 20 heavy (non-hydrogen) atoms. The van der Waals surface area contributed by atoms with Gasteiger partial charge in [0.05, 0.1) is 6.07 Å². The van der Waals surface area contributed by atoms with Crippen LogP contribution in [0, 0.1) is 15.9 Å². The van der Waals surface area contributed by atoms with Crippen molar-refractivity contribution < 1.29 is 13.8 Å². The third-order valence-electron chi connectivity index (χ3n) is 2.51. The number of halogens is 1. The molecule has 0 amide bonds. The molecule has 1 aromatic carbocycles. The van der Waals surface area contributed by atoms with Gasteiger partial charge in [0.1, 0.15) is 5.82 Å². The SMILES string of the molecule is O=[N+]([O-])c1cc(-c2nc(-c3ccc(F)cc3)no2)n[nH]1. The minimum Gasteiger partial charge on any atom is -0.358 e. The molecule has 0 saturated carbocycles. The molecule has 0 atom stereocenters. The van der Waals surface area contributed by atoms with Crippen LogP contribution in [0.4, 0.5) is 10.2 Å². The van der Waals surface area contributed by atoms with Crippen molar-refractivity contribution in [3.8, 4) is 23.0 Å². The fraction of sp³-hybridized carbons (Fsp3) is 0. The molecule has 0 aliphatic heterocycles. The Bertz CT molecular complexity index is 764. The molecule has 0 aliphatic carbocycles. The van der Waals surface area contributed by atoms with E-state index in [0.29, 0.717) is 5.56 Å². The molecule has 100 valence electrons. The maximum absolute atomic E-state index is 12.8. The summed E-state index contributed by atoms with van der Waals surface area (Å²) in [6, 6.07) is 6.71. The Morgan fingerprint density at radius 3 is 2.70 bits per heavy atom. The van der Waals surface area contributed by atoms with Crippen LogP contribution in [0.2, 0.25) is 0 Å². The zero-order valence-electron chi connectivity index (χ0n) is 9.78. The summed E-state index contributed by atoms with van der Waals surface area (Å²) in [5, 5.41) is 20.2. The van der Waals surface area contributed by atoms with Gasteiger partial charge in [-0.05, 0) is 29.2 Å². The maximum Gasteiger partial charge on any atom is 0.343 e. The van der Waals surface area contributed by atoms with Gasteiger partial charge in [-0.15, -0.1) is 5.10 Å². The predicted molar refractivity (Wildman–Crippen MR) is 63.9 cm³/mol. The highest BCUT2D eigenvalue weighted by atomic mass is 19.1. The number of aromatic nitrogens is 4. The predicted octanol–water partition coefficient (Wildman–Crippen LogP) is 2.17. The molecular formula is C11H6FN5O3. The number of rotatable bonds is 3. The minimum atomic E-state index is -0.617. The van der Waals surface area contributed by atoms with Gasteiger partial charge in [-0.2, -0.15) is 4.98 Å². The molecule has 0 bridgehead atoms. The molecule has 3 rings (SSSR count). The van der Waals surface area contributed by atoms with Crippen molar-refractivity contribution in [2.45, 2.75) is 0 Å². The van der Waals surface area contributed by atoms with Crippen molar-refractivity contribution >= 4 is 5.82 Å². The van der Waals surface area contributed by atoms with Gasteiger partial charge < -0.3 is 14.6 Å². The van der Waals surface area contributed by atoms with Crippen LogP contribution in [0.3, 0.4) is 0 Å². The summed E-state index contributed by atoms with van der Waals surface area (Å²) >= 11 is 0. The number of nitro groups is 1. The fourth-order valence-electron chi connectivity index (χ4n) is 1.56. The highest BCUT2D eigenvalue weighted by molar-refractivity contribution is 5.58. The lowest BCUT2D eigenvalue weighted by Crippen LogP contribution is -1.86. The van der Waals surface area contributed by atoms with E-state index in [4.69, 9.17) is 4.52 Å². The summed E-state index contributed by atoms with van der Waals surface area (Å²) in [7, 11) is 0. The molecule has 3 aromatic rings. The van der Waals surface area contributed by atoms with Crippen LogP contribution < -0.4 is 0 Å². The zero-order valence-corrected chi connectivity index (χ0v) is 9.78. The molecule has 0 saturated heterocycles. The second kappa shape index (κ2) is 4.53. The summed E-state index contributed by atoms with van der Waals surface area (Å²) in [5.41, 5.74) is 0.726. The van der Waals surface area contributed by atoms with E-state index in [2.05, 4.69) is 20.3 Å². The molecule has 0 spiro atoms. The van der Waals surface area contributed by atoms with E-state index in [9.17, 15) is 14.5 Å². The van der Waals surface area contributed by atoms with Gasteiger partial charge in [-0.25, -0.2) is 4.39 Å². The first-order valence-electron chi connectivity index (χ1n) is 5.43. The number of nitrogens with one attached hydrogen (secondary N) is 1. The lowest BCUT2D eigenvalue weighted by molar-refractivity contribution is -0.389. The average molecular weight is 275 g/mol. The number of hydrogen-bond acceptors (Lipinski definition) is 6. The molecule has 9 heteroatoms. The van der Waals surface area contributed by atoms with E-state index >= 15 is 0 Å². The quantitative estimate of drug-likeness (QED) is 0.579. The Labute approximate surface area is 110 Å². The minimum absolute atomic E-state index is 0.0358. The van der Waals surface area contributed by atoms with E-state index in [1.165, 1.54) is 30.3 Å². The largest absolute Gasteiger partial charge is 0.358 e. The van der Waals surface area contributed by atoms with Crippen LogP contribution in [0.15, 0.2) is 34.9 Å². The number of benzene rings is 1. The maximum atomic E-state index is 12.8. The van der Waals surface area contributed by atoms with Crippen LogP contribution in [0.5, 0.6) is 0 Å². The van der Waals surface area contributed by atoms with Crippen LogP contribution in [0.25, 0.3) is 23.0 Å². The zero-order chi connectivity index (χ0) is 14.1. The Kier molecular flexibility index (Phi) is 2.71. The summed E-state index contributed by atoms with van der Waals surface area (Å²) in [6.45, 7) is 0. The summed E-state index contributed by atoms with van der Waals surface area (Å²) < 4.78 is 17.8. The van der Waals surface area contributed by atoms with Gasteiger partial charge in [0.2, 0.25) is 5.82 Å². The van der Waals surface area contributed by atoms with Crippen molar-refractivity contribution in [2.24, 2.45) is 0 Å². The molecule has 0 aliphatic rings. The first kappa shape index (κ1) is 12.0. The lowest BCUT2D eigenvalue weighted by Gasteiger charge is -1.92. The molecule has 0 radical (unpaired) electrons. The molecule has 8 nitrogen and oxygen atoms in total. The van der Waals surface area contributed by atoms with E-state index in [1.807, 2.05) is 0 Å². The van der Waals surface area contributed by atoms with E-state index in [1.54, 1.807) is 0 Å². The monoisotopic (exact) mass is 275 g/mol. The van der Waals surface area contributed by atoms with Gasteiger partial charge in [0.15, 0.2) is 5.69 Å². The molecule has 2 aromatic heterocycles. The summed E-state index contributed by atoms with van der Waals surface area (Å²) in [6.07, 6.45) is 0. The first-order chi connectivity index (χ1) is 9.63. The van der Waals surface area contributed by atoms with Crippen LogP contribution >= 0.6 is 0 Å². The topological polar surface area (TPSA) is 111 Å². The smallest absolute Gasteiger partial charge is 0.343 e. The van der Waals surface area contributed by atoms with E-state index in [0.717, 1.165) is 0 Å². The fourth-order valence-corrected chi connectivity index (χ4v) is 1.56. The van der Waals surface area contributed by atoms with Crippen molar-refractivity contribution in [3.63, 3.8) is 0 Å². The van der Waals surface area contributed by atoms with Gasteiger partial charge in [-0.1, -0.05) is 10.3 Å². The van der Waals surface area contributed by atoms with Crippen molar-refractivity contribution in [2.75, 3.05) is 0 Å². The second-order valence-corrected chi connectivity index (χ2v) is 3.83. The van der Waals surface area contributed by atoms with Gasteiger partial charge >= 0.3 is 5.82 Å². The third kappa shape index (κ3) is 2.11. The molecular weight excluding hydrogens is 269 g/mol. The Hall–Kier alpha value is -3.10. The molecule has 1 N–H and O–H groups in total. The van der Waals surface area contributed by atoms with Crippen molar-refractivity contribution in [3.05, 3.63) is 46.3 Å². The van der Waals surface area contributed by atoms with Gasteiger partial charge in [0, 0.05) is 5.56 Å². The highest BCUT2D eigenvalue weighted by Gasteiger charge is 2.17. The van der Waals surface area contributed by atoms with Crippen molar-refractivity contribution in [1.29, 1.82) is 0 Å². The lowest BCUT2D eigenvalue weighted by atomic mass is 10.2. The standard InChI is InChI=1S/C11H6FN5O3/c12-7-3-1-6(2-4-7)10-13-11(20-16-10)8-5-9(15-14-8)17(18)19/h1-5H,(H,14,15). The third-order valence-corrected chi connectivity index (χ3v) is 2.51. The van der Waals surface area contributed by atoms with Gasteiger partial charge in [-0.3, -0.25) is 0 Å². The van der Waals surface area contributed by atoms with E-state index < -0.39 is 4.92 Å². The van der Waals surface area contributed by atoms with Crippen LogP contribution in [-0.4, -0.2) is 25.3 Å². The van der Waals surface area contributed by atoms with Crippen LogP contribution in [0.1, 0.15) is 0 Å². The second-order valence-electron chi connectivity index (χ2n) is 3.83. The Morgan fingerprint density at radius 1 is 1.30 bits per heavy atom. The molecule has 2 heterocycles.